The van der Waals surface area contributed by atoms with Crippen LogP contribution in [0.15, 0.2) is 0 Å². The van der Waals surface area contributed by atoms with Gasteiger partial charge >= 0.3 is 12.0 Å². The van der Waals surface area contributed by atoms with E-state index in [1.165, 1.54) is 0 Å². The largest absolute Gasteiger partial charge is 0.480 e. The SMILES string of the molecule is O=C(NC1CN2CCC1CC2)NC1(C(=O)O)CCC1. The summed E-state index contributed by atoms with van der Waals surface area (Å²) in [7, 11) is 0. The second-order valence-electron chi connectivity index (χ2n) is 6.08. The number of carboxylic acid groups (broad SMARTS) is 1. The fourth-order valence-electron chi connectivity index (χ4n) is 3.47. The molecule has 1 atom stereocenters. The van der Waals surface area contributed by atoms with E-state index in [0.29, 0.717) is 18.8 Å². The molecular formula is C13H21N3O3. The fourth-order valence-corrected chi connectivity index (χ4v) is 3.47. The maximum absolute atomic E-state index is 12.0. The molecule has 0 aromatic carbocycles. The van der Waals surface area contributed by atoms with Crippen LogP contribution < -0.4 is 10.6 Å². The molecule has 0 aromatic rings. The summed E-state index contributed by atoms with van der Waals surface area (Å²) in [5.41, 5.74) is -1.02. The molecule has 4 fully saturated rings. The van der Waals surface area contributed by atoms with Crippen molar-refractivity contribution in [3.05, 3.63) is 0 Å². The first-order chi connectivity index (χ1) is 9.09. The van der Waals surface area contributed by atoms with Crippen molar-refractivity contribution in [2.75, 3.05) is 19.6 Å². The molecule has 0 radical (unpaired) electrons. The molecule has 0 aromatic heterocycles. The minimum atomic E-state index is -1.02. The number of carboxylic acids is 1. The molecule has 2 amide bonds. The zero-order chi connectivity index (χ0) is 13.5. The third kappa shape index (κ3) is 2.29. The summed E-state index contributed by atoms with van der Waals surface area (Å²) in [6.07, 6.45) is 4.21. The van der Waals surface area contributed by atoms with E-state index in [0.717, 1.165) is 38.9 Å². The van der Waals surface area contributed by atoms with E-state index < -0.39 is 11.5 Å². The highest BCUT2D eigenvalue weighted by molar-refractivity contribution is 5.87. The Hall–Kier alpha value is -1.30. The molecule has 3 saturated heterocycles. The van der Waals surface area contributed by atoms with Crippen LogP contribution in [0.1, 0.15) is 32.1 Å². The molecule has 3 aliphatic heterocycles. The van der Waals surface area contributed by atoms with Crippen molar-refractivity contribution in [2.24, 2.45) is 5.92 Å². The van der Waals surface area contributed by atoms with Gasteiger partial charge in [-0.25, -0.2) is 9.59 Å². The summed E-state index contributed by atoms with van der Waals surface area (Å²) in [6, 6.07) is -0.144. The number of amides is 2. The van der Waals surface area contributed by atoms with Crippen molar-refractivity contribution in [3.63, 3.8) is 0 Å². The van der Waals surface area contributed by atoms with Gasteiger partial charge in [-0.15, -0.1) is 0 Å². The standard InChI is InChI=1S/C13H21N3O3/c17-11(18)13(4-1-5-13)15-12(19)14-10-8-16-6-2-9(10)3-7-16/h9-10H,1-8H2,(H,17,18)(H2,14,15,19). The van der Waals surface area contributed by atoms with Crippen LogP contribution in [0.3, 0.4) is 0 Å². The number of urea groups is 1. The minimum absolute atomic E-state index is 0.174. The smallest absolute Gasteiger partial charge is 0.329 e. The average Bonchev–Trinajstić information content (AvgIpc) is 2.35. The number of nitrogens with one attached hydrogen (secondary N) is 2. The first-order valence-corrected chi connectivity index (χ1v) is 7.13. The molecule has 1 unspecified atom stereocenters. The lowest BCUT2D eigenvalue weighted by atomic mass is 9.77. The van der Waals surface area contributed by atoms with Crippen molar-refractivity contribution in [2.45, 2.75) is 43.7 Å². The number of nitrogens with zero attached hydrogens (tertiary/aromatic N) is 1. The normalized spacial score (nSPS) is 35.3. The lowest BCUT2D eigenvalue weighted by Crippen LogP contribution is -2.64. The molecule has 19 heavy (non-hydrogen) atoms. The van der Waals surface area contributed by atoms with Gasteiger partial charge in [0.2, 0.25) is 0 Å². The van der Waals surface area contributed by atoms with Crippen LogP contribution in [0.4, 0.5) is 4.79 Å². The molecule has 6 nitrogen and oxygen atoms in total. The number of piperidine rings is 3. The lowest BCUT2D eigenvalue weighted by molar-refractivity contribution is -0.148. The first kappa shape index (κ1) is 12.7. The van der Waals surface area contributed by atoms with Gasteiger partial charge in [0.1, 0.15) is 5.54 Å². The Labute approximate surface area is 112 Å². The van der Waals surface area contributed by atoms with Gasteiger partial charge < -0.3 is 20.6 Å². The first-order valence-electron chi connectivity index (χ1n) is 7.13. The molecule has 2 bridgehead atoms. The molecule has 3 heterocycles. The van der Waals surface area contributed by atoms with Crippen LogP contribution >= 0.6 is 0 Å². The Morgan fingerprint density at radius 3 is 2.32 bits per heavy atom. The zero-order valence-corrected chi connectivity index (χ0v) is 11.0. The van der Waals surface area contributed by atoms with E-state index in [2.05, 4.69) is 15.5 Å². The van der Waals surface area contributed by atoms with Gasteiger partial charge in [0.15, 0.2) is 0 Å². The number of carbonyl (C=O) groups is 2. The molecule has 1 aliphatic carbocycles. The zero-order valence-electron chi connectivity index (χ0n) is 11.0. The highest BCUT2D eigenvalue weighted by atomic mass is 16.4. The van der Waals surface area contributed by atoms with Crippen molar-refractivity contribution >= 4 is 12.0 Å². The number of fused-ring (bicyclic) bond motifs is 3. The number of hydrogen-bond donors (Lipinski definition) is 3. The topological polar surface area (TPSA) is 81.7 Å². The van der Waals surface area contributed by atoms with E-state index in [1.54, 1.807) is 0 Å². The van der Waals surface area contributed by atoms with E-state index in [-0.39, 0.29) is 12.1 Å². The molecular weight excluding hydrogens is 246 g/mol. The van der Waals surface area contributed by atoms with Gasteiger partial charge in [-0.3, -0.25) is 0 Å². The van der Waals surface area contributed by atoms with Crippen LogP contribution in [-0.2, 0) is 4.79 Å². The van der Waals surface area contributed by atoms with Crippen molar-refractivity contribution in [3.8, 4) is 0 Å². The van der Waals surface area contributed by atoms with Gasteiger partial charge in [0, 0.05) is 12.6 Å². The van der Waals surface area contributed by atoms with Crippen molar-refractivity contribution < 1.29 is 14.7 Å². The maximum Gasteiger partial charge on any atom is 0.329 e. The van der Waals surface area contributed by atoms with E-state index in [4.69, 9.17) is 0 Å². The molecule has 4 rings (SSSR count). The Balaban J connectivity index is 1.55. The van der Waals surface area contributed by atoms with Crippen LogP contribution in [0.5, 0.6) is 0 Å². The highest BCUT2D eigenvalue weighted by Gasteiger charge is 2.46. The monoisotopic (exact) mass is 267 g/mol. The summed E-state index contributed by atoms with van der Waals surface area (Å²) < 4.78 is 0. The van der Waals surface area contributed by atoms with E-state index in [1.807, 2.05) is 0 Å². The predicted octanol–water partition coefficient (Wildman–Crippen LogP) is 0.387. The molecule has 106 valence electrons. The molecule has 4 aliphatic rings. The third-order valence-corrected chi connectivity index (χ3v) is 4.94. The fraction of sp³-hybridized carbons (Fsp3) is 0.846. The Morgan fingerprint density at radius 2 is 1.89 bits per heavy atom. The minimum Gasteiger partial charge on any atom is -0.480 e. The number of rotatable bonds is 3. The highest BCUT2D eigenvalue weighted by Crippen LogP contribution is 2.32. The number of aliphatic carboxylic acids is 1. The maximum atomic E-state index is 12.0. The van der Waals surface area contributed by atoms with Crippen LogP contribution in [0, 0.1) is 5.92 Å². The number of carbonyl (C=O) groups excluding carboxylic acids is 1. The van der Waals surface area contributed by atoms with Gasteiger partial charge in [0.25, 0.3) is 0 Å². The second-order valence-corrected chi connectivity index (χ2v) is 6.08. The van der Waals surface area contributed by atoms with Crippen LogP contribution in [0.2, 0.25) is 0 Å². The second kappa shape index (κ2) is 4.67. The summed E-state index contributed by atoms with van der Waals surface area (Å²) >= 11 is 0. The summed E-state index contributed by atoms with van der Waals surface area (Å²) in [5.74, 6) is -0.360. The summed E-state index contributed by atoms with van der Waals surface area (Å²) in [4.78, 5) is 25.6. The van der Waals surface area contributed by atoms with Gasteiger partial charge in [-0.2, -0.15) is 0 Å². The molecule has 1 saturated carbocycles. The number of hydrogen-bond acceptors (Lipinski definition) is 3. The molecule has 6 heteroatoms. The average molecular weight is 267 g/mol. The summed E-state index contributed by atoms with van der Waals surface area (Å²) in [6.45, 7) is 3.16. The Bertz CT molecular complexity index is 387. The van der Waals surface area contributed by atoms with Gasteiger partial charge in [-0.1, -0.05) is 0 Å². The third-order valence-electron chi connectivity index (χ3n) is 4.94. The molecule has 0 spiro atoms. The van der Waals surface area contributed by atoms with Gasteiger partial charge in [0.05, 0.1) is 0 Å². The predicted molar refractivity (Wildman–Crippen MR) is 68.8 cm³/mol. The molecule has 3 N–H and O–H groups in total. The summed E-state index contributed by atoms with van der Waals surface area (Å²) in [5, 5.41) is 14.8. The van der Waals surface area contributed by atoms with Gasteiger partial charge in [-0.05, 0) is 51.1 Å². The van der Waals surface area contributed by atoms with Crippen LogP contribution in [-0.4, -0.2) is 53.2 Å². The van der Waals surface area contributed by atoms with E-state index >= 15 is 0 Å². The van der Waals surface area contributed by atoms with E-state index in [9.17, 15) is 14.7 Å². The Morgan fingerprint density at radius 1 is 1.21 bits per heavy atom. The van der Waals surface area contributed by atoms with Crippen molar-refractivity contribution in [1.82, 2.24) is 15.5 Å². The van der Waals surface area contributed by atoms with Crippen LogP contribution in [0.25, 0.3) is 0 Å². The van der Waals surface area contributed by atoms with Crippen molar-refractivity contribution in [1.29, 1.82) is 0 Å². The Kier molecular flexibility index (Phi) is 3.12. The quantitative estimate of drug-likeness (QED) is 0.691. The lowest BCUT2D eigenvalue weighted by Gasteiger charge is -2.45.